The molecule has 0 saturated carbocycles. The molecule has 0 aromatic heterocycles. The first-order chi connectivity index (χ1) is 13.8. The highest BCUT2D eigenvalue weighted by Crippen LogP contribution is 2.43. The fourth-order valence-electron chi connectivity index (χ4n) is 2.42. The van der Waals surface area contributed by atoms with Crippen LogP contribution in [0.25, 0.3) is 0 Å². The number of ether oxygens (including phenoxy) is 5. The topological polar surface area (TPSA) is 80.3 Å². The van der Waals surface area contributed by atoms with Crippen molar-refractivity contribution in [2.24, 2.45) is 5.41 Å². The van der Waals surface area contributed by atoms with Crippen LogP contribution in [0.1, 0.15) is 44.5 Å². The molecule has 154 valence electrons. The zero-order chi connectivity index (χ0) is 21.0. The Bertz CT molecular complexity index is 887. The van der Waals surface area contributed by atoms with Gasteiger partial charge < -0.3 is 23.7 Å². The number of benzene rings is 2. The van der Waals surface area contributed by atoms with Crippen molar-refractivity contribution in [2.75, 3.05) is 6.61 Å². The van der Waals surface area contributed by atoms with Crippen LogP contribution in [0.2, 0.25) is 0 Å². The highest BCUT2D eigenvalue weighted by atomic mass is 16.9. The van der Waals surface area contributed by atoms with Gasteiger partial charge in [-0.3, -0.25) is 4.79 Å². The first-order valence-electron chi connectivity index (χ1n) is 9.46. The van der Waals surface area contributed by atoms with Gasteiger partial charge in [0.1, 0.15) is 5.75 Å². The molecule has 7 heteroatoms. The highest BCUT2D eigenvalue weighted by Gasteiger charge is 2.29. The van der Waals surface area contributed by atoms with Crippen LogP contribution in [0.4, 0.5) is 0 Å². The molecule has 0 spiro atoms. The van der Waals surface area contributed by atoms with E-state index in [1.165, 1.54) is 12.1 Å². The van der Waals surface area contributed by atoms with E-state index in [2.05, 4.69) is 0 Å². The van der Waals surface area contributed by atoms with Crippen LogP contribution in [0.5, 0.6) is 23.0 Å². The Balaban J connectivity index is 1.67. The molecule has 1 heterocycles. The van der Waals surface area contributed by atoms with Crippen molar-refractivity contribution in [1.82, 2.24) is 0 Å². The minimum atomic E-state index is -0.865. The lowest BCUT2D eigenvalue weighted by atomic mass is 9.91. The normalized spacial score (nSPS) is 15.1. The zero-order valence-electron chi connectivity index (χ0n) is 16.9. The number of hydrogen-bond donors (Lipinski definition) is 0. The van der Waals surface area contributed by atoms with Gasteiger partial charge in [0, 0.05) is 0 Å². The Hall–Kier alpha value is -3.06. The van der Waals surface area contributed by atoms with Crippen LogP contribution >= 0.6 is 0 Å². The SMILES string of the molecule is CCOC1Oc2cccc(OC(=O)c3ccc(OC(=O)C(C)(C)CC)cc3)c2O1. The van der Waals surface area contributed by atoms with Crippen molar-refractivity contribution in [3.05, 3.63) is 48.0 Å². The number of carbonyl (C=O) groups excluding carboxylic acids is 2. The highest BCUT2D eigenvalue weighted by molar-refractivity contribution is 5.91. The maximum absolute atomic E-state index is 12.5. The van der Waals surface area contributed by atoms with Crippen molar-refractivity contribution in [2.45, 2.75) is 40.6 Å². The number of fused-ring (bicyclic) bond motifs is 1. The molecule has 1 unspecified atom stereocenters. The number of esters is 2. The lowest BCUT2D eigenvalue weighted by molar-refractivity contribution is -0.173. The van der Waals surface area contributed by atoms with E-state index in [4.69, 9.17) is 23.7 Å². The molecule has 2 aromatic carbocycles. The van der Waals surface area contributed by atoms with Gasteiger partial charge in [0.25, 0.3) is 0 Å². The molecule has 0 N–H and O–H groups in total. The molecule has 2 aromatic rings. The summed E-state index contributed by atoms with van der Waals surface area (Å²) in [5.41, 5.74) is -0.274. The molecule has 0 bridgehead atoms. The van der Waals surface area contributed by atoms with Gasteiger partial charge in [0.2, 0.25) is 5.75 Å². The molecule has 1 aliphatic rings. The smallest absolute Gasteiger partial charge is 0.361 e. The van der Waals surface area contributed by atoms with Gasteiger partial charge in [-0.25, -0.2) is 4.79 Å². The van der Waals surface area contributed by atoms with E-state index in [9.17, 15) is 9.59 Å². The average molecular weight is 400 g/mol. The summed E-state index contributed by atoms with van der Waals surface area (Å²) < 4.78 is 27.1. The lowest BCUT2D eigenvalue weighted by Crippen LogP contribution is -2.28. The molecule has 0 aliphatic carbocycles. The van der Waals surface area contributed by atoms with Gasteiger partial charge in [0.05, 0.1) is 17.6 Å². The third-order valence-electron chi connectivity index (χ3n) is 4.62. The molecule has 0 radical (unpaired) electrons. The molecule has 29 heavy (non-hydrogen) atoms. The van der Waals surface area contributed by atoms with Gasteiger partial charge in [-0.15, -0.1) is 0 Å². The summed E-state index contributed by atoms with van der Waals surface area (Å²) in [5.74, 6) is 0.450. The van der Waals surface area contributed by atoms with Crippen LogP contribution < -0.4 is 18.9 Å². The minimum absolute atomic E-state index is 0.231. The van der Waals surface area contributed by atoms with E-state index in [0.717, 1.165) is 0 Å². The van der Waals surface area contributed by atoms with Gasteiger partial charge >= 0.3 is 18.4 Å². The van der Waals surface area contributed by atoms with E-state index >= 15 is 0 Å². The van der Waals surface area contributed by atoms with Gasteiger partial charge in [-0.1, -0.05) is 13.0 Å². The number of hydrogen-bond acceptors (Lipinski definition) is 7. The van der Waals surface area contributed by atoms with Crippen LogP contribution in [0.15, 0.2) is 42.5 Å². The average Bonchev–Trinajstić information content (AvgIpc) is 3.12. The summed E-state index contributed by atoms with van der Waals surface area (Å²) in [6.07, 6.45) is 0.660. The largest absolute Gasteiger partial charge is 0.428 e. The molecule has 1 aliphatic heterocycles. The molecule has 0 saturated heterocycles. The number of para-hydroxylation sites is 1. The molecule has 7 nitrogen and oxygen atoms in total. The van der Waals surface area contributed by atoms with Crippen LogP contribution in [0, 0.1) is 5.41 Å². The molecule has 0 amide bonds. The monoisotopic (exact) mass is 400 g/mol. The first-order valence-corrected chi connectivity index (χ1v) is 9.46. The molecule has 3 rings (SSSR count). The molecular formula is C22H24O7. The summed E-state index contributed by atoms with van der Waals surface area (Å²) in [4.78, 5) is 24.7. The maximum atomic E-state index is 12.5. The van der Waals surface area contributed by atoms with Crippen molar-refractivity contribution in [1.29, 1.82) is 0 Å². The van der Waals surface area contributed by atoms with E-state index in [-0.39, 0.29) is 11.7 Å². The molecule has 0 fully saturated rings. The minimum Gasteiger partial charge on any atom is -0.428 e. The standard InChI is InChI=1S/C22H24O7/c1-5-22(3,4)20(24)26-15-12-10-14(11-13-15)19(23)27-16-8-7-9-17-18(16)29-21(28-17)25-6-2/h7-13,21H,5-6H2,1-4H3. The van der Waals surface area contributed by atoms with E-state index in [0.29, 0.717) is 35.8 Å². The van der Waals surface area contributed by atoms with E-state index in [1.54, 1.807) is 30.3 Å². The summed E-state index contributed by atoms with van der Waals surface area (Å²) in [7, 11) is 0. The Kier molecular flexibility index (Phi) is 6.08. The second-order valence-corrected chi connectivity index (χ2v) is 7.10. The first kappa shape index (κ1) is 20.7. The Morgan fingerprint density at radius 3 is 2.38 bits per heavy atom. The fourth-order valence-corrected chi connectivity index (χ4v) is 2.42. The summed E-state index contributed by atoms with van der Waals surface area (Å²) in [5, 5.41) is 0. The number of rotatable bonds is 7. The van der Waals surface area contributed by atoms with Gasteiger partial charge in [0.15, 0.2) is 11.5 Å². The van der Waals surface area contributed by atoms with Crippen LogP contribution in [-0.2, 0) is 9.53 Å². The summed E-state index contributed by atoms with van der Waals surface area (Å²) in [6, 6.07) is 11.2. The van der Waals surface area contributed by atoms with Crippen molar-refractivity contribution >= 4 is 11.9 Å². The van der Waals surface area contributed by atoms with Crippen molar-refractivity contribution in [3.8, 4) is 23.0 Å². The zero-order valence-corrected chi connectivity index (χ0v) is 16.9. The molecular weight excluding hydrogens is 376 g/mol. The quantitative estimate of drug-likeness (QED) is 0.505. The summed E-state index contributed by atoms with van der Waals surface area (Å²) >= 11 is 0. The van der Waals surface area contributed by atoms with E-state index < -0.39 is 17.9 Å². The third-order valence-corrected chi connectivity index (χ3v) is 4.62. The molecule has 1 atom stereocenters. The van der Waals surface area contributed by atoms with E-state index in [1.807, 2.05) is 27.7 Å². The predicted octanol–water partition coefficient (Wildman–Crippen LogP) is 4.34. The number of carbonyl (C=O) groups is 2. The van der Waals surface area contributed by atoms with Crippen LogP contribution in [-0.4, -0.2) is 25.0 Å². The Morgan fingerprint density at radius 1 is 1.00 bits per heavy atom. The van der Waals surface area contributed by atoms with Crippen molar-refractivity contribution < 1.29 is 33.3 Å². The van der Waals surface area contributed by atoms with Gasteiger partial charge in [-0.2, -0.15) is 0 Å². The van der Waals surface area contributed by atoms with Crippen LogP contribution in [0.3, 0.4) is 0 Å². The van der Waals surface area contributed by atoms with Crippen molar-refractivity contribution in [3.63, 3.8) is 0 Å². The lowest BCUT2D eigenvalue weighted by Gasteiger charge is -2.20. The second-order valence-electron chi connectivity index (χ2n) is 7.10. The summed E-state index contributed by atoms with van der Waals surface area (Å²) in [6.45, 7) is 6.94. The predicted molar refractivity (Wildman–Crippen MR) is 104 cm³/mol. The maximum Gasteiger partial charge on any atom is 0.361 e. The Morgan fingerprint density at radius 2 is 1.72 bits per heavy atom. The fraction of sp³-hybridized carbons (Fsp3) is 0.364. The Labute approximate surface area is 169 Å². The third kappa shape index (κ3) is 4.68. The van der Waals surface area contributed by atoms with Gasteiger partial charge in [-0.05, 0) is 63.6 Å². The second kappa shape index (κ2) is 8.53.